The van der Waals surface area contributed by atoms with Gasteiger partial charge in [-0.15, -0.1) is 0 Å². The van der Waals surface area contributed by atoms with Crippen molar-refractivity contribution in [1.82, 2.24) is 15.3 Å². The number of amides is 1. The molecule has 6 nitrogen and oxygen atoms in total. The van der Waals surface area contributed by atoms with Crippen molar-refractivity contribution in [2.45, 2.75) is 43.2 Å². The van der Waals surface area contributed by atoms with Crippen molar-refractivity contribution in [3.63, 3.8) is 0 Å². The van der Waals surface area contributed by atoms with Gasteiger partial charge in [0, 0.05) is 23.9 Å². The van der Waals surface area contributed by atoms with Gasteiger partial charge in [-0.05, 0) is 31.8 Å². The van der Waals surface area contributed by atoms with E-state index >= 15 is 0 Å². The van der Waals surface area contributed by atoms with E-state index in [9.17, 15) is 9.00 Å². The molecule has 1 aromatic rings. The number of nitrogens with one attached hydrogen (secondary N) is 2. The van der Waals surface area contributed by atoms with Crippen LogP contribution in [0.2, 0.25) is 5.02 Å². The Hall–Kier alpha value is -1.73. The van der Waals surface area contributed by atoms with Crippen molar-refractivity contribution in [2.24, 2.45) is 5.92 Å². The average Bonchev–Trinajstić information content (AvgIpc) is 3.09. The Bertz CT molecular complexity index is 750. The fraction of sp³-hybridized carbons (Fsp3) is 0.471. The van der Waals surface area contributed by atoms with E-state index < -0.39 is 10.8 Å². The van der Waals surface area contributed by atoms with Gasteiger partial charge in [-0.3, -0.25) is 9.00 Å². The molecule has 1 amide bonds. The summed E-state index contributed by atoms with van der Waals surface area (Å²) in [4.78, 5) is 20.8. The van der Waals surface area contributed by atoms with E-state index in [2.05, 4.69) is 20.6 Å². The van der Waals surface area contributed by atoms with Crippen LogP contribution in [0.4, 0.5) is 5.95 Å². The highest BCUT2D eigenvalue weighted by Gasteiger charge is 2.28. The lowest BCUT2D eigenvalue weighted by Gasteiger charge is -2.29. The van der Waals surface area contributed by atoms with Crippen LogP contribution in [-0.2, 0) is 15.6 Å². The van der Waals surface area contributed by atoms with Gasteiger partial charge in [0.25, 0.3) is 0 Å². The van der Waals surface area contributed by atoms with Crippen LogP contribution < -0.4 is 10.6 Å². The van der Waals surface area contributed by atoms with Crippen LogP contribution in [0.15, 0.2) is 35.1 Å². The number of allylic oxidation sites excluding steroid dienone is 3. The van der Waals surface area contributed by atoms with E-state index in [0.717, 1.165) is 37.8 Å². The molecule has 1 heterocycles. The molecule has 0 aromatic carbocycles. The van der Waals surface area contributed by atoms with Gasteiger partial charge in [0.05, 0.1) is 22.0 Å². The molecule has 0 radical (unpaired) electrons. The fourth-order valence-corrected chi connectivity index (χ4v) is 4.12. The average molecular weight is 381 g/mol. The second-order valence-electron chi connectivity index (χ2n) is 6.29. The normalized spacial score (nSPS) is 23.8. The van der Waals surface area contributed by atoms with Crippen LogP contribution in [0.3, 0.4) is 0 Å². The van der Waals surface area contributed by atoms with Crippen molar-refractivity contribution >= 4 is 34.3 Å². The fourth-order valence-electron chi connectivity index (χ4n) is 3.16. The van der Waals surface area contributed by atoms with Crippen molar-refractivity contribution in [2.75, 3.05) is 11.6 Å². The van der Waals surface area contributed by atoms with Crippen molar-refractivity contribution in [1.29, 1.82) is 0 Å². The maximum absolute atomic E-state index is 12.4. The summed E-state index contributed by atoms with van der Waals surface area (Å²) in [6, 6.07) is 0.108. The minimum Gasteiger partial charge on any atom is -0.351 e. The predicted octanol–water partition coefficient (Wildman–Crippen LogP) is 2.80. The molecule has 2 aliphatic rings. The predicted molar refractivity (Wildman–Crippen MR) is 98.7 cm³/mol. The number of carbonyl (C=O) groups excluding carboxylic acids is 1. The van der Waals surface area contributed by atoms with E-state index in [-0.39, 0.29) is 17.9 Å². The van der Waals surface area contributed by atoms with E-state index in [1.54, 1.807) is 0 Å². The third-order valence-electron chi connectivity index (χ3n) is 4.40. The third kappa shape index (κ3) is 4.67. The maximum atomic E-state index is 12.4. The van der Waals surface area contributed by atoms with E-state index in [1.165, 1.54) is 12.5 Å². The number of hydrogen-bond donors (Lipinski definition) is 2. The van der Waals surface area contributed by atoms with Crippen LogP contribution in [0.25, 0.3) is 0 Å². The number of halogens is 1. The number of hydrogen-bond acceptors (Lipinski definition) is 5. The monoisotopic (exact) mass is 380 g/mol. The Morgan fingerprint density at radius 2 is 2.24 bits per heavy atom. The zero-order valence-electron chi connectivity index (χ0n) is 14.0. The van der Waals surface area contributed by atoms with Crippen molar-refractivity contribution in [3.8, 4) is 0 Å². The van der Waals surface area contributed by atoms with E-state index in [0.29, 0.717) is 16.0 Å². The smallest absolute Gasteiger partial charge is 0.227 e. The molecule has 1 aromatic heterocycles. The van der Waals surface area contributed by atoms with Gasteiger partial charge in [0.2, 0.25) is 11.9 Å². The van der Waals surface area contributed by atoms with Crippen molar-refractivity contribution in [3.05, 3.63) is 35.1 Å². The summed E-state index contributed by atoms with van der Waals surface area (Å²) in [7, 11) is -1.27. The minimum atomic E-state index is -1.27. The second kappa shape index (κ2) is 8.10. The second-order valence-corrected chi connectivity index (χ2v) is 7.99. The summed E-state index contributed by atoms with van der Waals surface area (Å²) in [5.41, 5.74) is 0.885. The number of aromatic nitrogens is 2. The summed E-state index contributed by atoms with van der Waals surface area (Å²) in [6.07, 6.45) is 13.3. The first-order valence-corrected chi connectivity index (χ1v) is 10.3. The highest BCUT2D eigenvalue weighted by atomic mass is 35.5. The zero-order valence-corrected chi connectivity index (χ0v) is 15.6. The van der Waals surface area contributed by atoms with Crippen LogP contribution >= 0.6 is 11.6 Å². The molecular formula is C17H21ClN4O2S. The Kier molecular flexibility index (Phi) is 5.86. The number of anilines is 1. The molecular weight excluding hydrogens is 360 g/mol. The molecule has 3 unspecified atom stereocenters. The molecule has 8 heteroatoms. The lowest BCUT2D eigenvalue weighted by molar-refractivity contribution is -0.125. The SMILES string of the molecule is CS(=O)c1nc(NC2CCCC(C(=O)NC3=CCC=C3)C2)ncc1Cl. The quantitative estimate of drug-likeness (QED) is 0.767. The number of rotatable bonds is 5. The minimum absolute atomic E-state index is 0.0340. The van der Waals surface area contributed by atoms with Gasteiger partial charge < -0.3 is 10.6 Å². The molecule has 0 bridgehead atoms. The topological polar surface area (TPSA) is 84.0 Å². The Morgan fingerprint density at radius 3 is 2.96 bits per heavy atom. The van der Waals surface area contributed by atoms with Gasteiger partial charge in [0.15, 0.2) is 5.03 Å². The van der Waals surface area contributed by atoms with Crippen LogP contribution in [0.1, 0.15) is 32.1 Å². The molecule has 2 aliphatic carbocycles. The molecule has 3 atom stereocenters. The first-order chi connectivity index (χ1) is 12.0. The Balaban J connectivity index is 1.61. The summed E-state index contributed by atoms with van der Waals surface area (Å²) in [5.74, 6) is 0.437. The van der Waals surface area contributed by atoms with Gasteiger partial charge in [-0.25, -0.2) is 9.97 Å². The summed E-state index contributed by atoms with van der Waals surface area (Å²) >= 11 is 5.97. The largest absolute Gasteiger partial charge is 0.351 e. The standard InChI is InChI=1S/C17H21ClN4O2S/c1-25(24)16-14(18)10-19-17(22-16)21-13-8-4-5-11(9-13)15(23)20-12-6-2-3-7-12/h2,6-7,10-11,13H,3-5,8-9H2,1H3,(H,20,23)(H,19,21,22). The van der Waals surface area contributed by atoms with E-state index in [4.69, 9.17) is 11.6 Å². The van der Waals surface area contributed by atoms with Crippen LogP contribution in [-0.4, -0.2) is 32.4 Å². The highest BCUT2D eigenvalue weighted by Crippen LogP contribution is 2.27. The number of nitrogens with zero attached hydrogens (tertiary/aromatic N) is 2. The lowest BCUT2D eigenvalue weighted by atomic mass is 9.85. The Labute approximate surface area is 154 Å². The molecule has 0 spiro atoms. The van der Waals surface area contributed by atoms with Gasteiger partial charge in [-0.2, -0.15) is 0 Å². The molecule has 25 heavy (non-hydrogen) atoms. The molecule has 134 valence electrons. The summed E-state index contributed by atoms with van der Waals surface area (Å²) in [6.45, 7) is 0. The zero-order chi connectivity index (χ0) is 17.8. The summed E-state index contributed by atoms with van der Waals surface area (Å²) in [5, 5.41) is 6.86. The van der Waals surface area contributed by atoms with E-state index in [1.807, 2.05) is 18.2 Å². The summed E-state index contributed by atoms with van der Waals surface area (Å²) < 4.78 is 11.7. The lowest BCUT2D eigenvalue weighted by Crippen LogP contribution is -2.37. The van der Waals surface area contributed by atoms with Crippen LogP contribution in [0.5, 0.6) is 0 Å². The Morgan fingerprint density at radius 1 is 1.40 bits per heavy atom. The molecule has 0 saturated heterocycles. The molecule has 0 aliphatic heterocycles. The molecule has 2 N–H and O–H groups in total. The first kappa shape index (κ1) is 18.1. The van der Waals surface area contributed by atoms with Gasteiger partial charge in [0.1, 0.15) is 0 Å². The molecule has 3 rings (SSSR count). The van der Waals surface area contributed by atoms with Crippen molar-refractivity contribution < 1.29 is 9.00 Å². The highest BCUT2D eigenvalue weighted by molar-refractivity contribution is 7.84. The van der Waals surface area contributed by atoms with Gasteiger partial charge in [-0.1, -0.05) is 30.2 Å². The molecule has 1 saturated carbocycles. The third-order valence-corrected chi connectivity index (χ3v) is 5.65. The van der Waals surface area contributed by atoms with Gasteiger partial charge >= 0.3 is 0 Å². The first-order valence-electron chi connectivity index (χ1n) is 8.33. The maximum Gasteiger partial charge on any atom is 0.227 e. The molecule has 1 fully saturated rings. The number of carbonyl (C=O) groups is 1. The van der Waals surface area contributed by atoms with Crippen LogP contribution in [0, 0.1) is 5.92 Å².